The number of amides is 1. The molecule has 2 aromatic rings. The molecule has 1 aliphatic heterocycles. The van der Waals surface area contributed by atoms with Gasteiger partial charge in [-0.1, -0.05) is 17.7 Å². The van der Waals surface area contributed by atoms with Crippen LogP contribution in [0.3, 0.4) is 0 Å². The predicted octanol–water partition coefficient (Wildman–Crippen LogP) is 5.54. The SMILES string of the molecule is COc1ccc(C(C)N2CCC(NC(=O)c3cc(Cl)cnc3NCCCOC(C)C)CC2)c(C)c1C. The molecule has 0 aliphatic carbocycles. The van der Waals surface area contributed by atoms with Crippen LogP contribution in [-0.2, 0) is 4.74 Å². The molecule has 8 heteroatoms. The van der Waals surface area contributed by atoms with E-state index in [2.05, 4.69) is 53.4 Å². The molecule has 1 aromatic heterocycles. The fourth-order valence-corrected chi connectivity index (χ4v) is 4.89. The van der Waals surface area contributed by atoms with Crippen LogP contribution in [0.25, 0.3) is 0 Å². The van der Waals surface area contributed by atoms with Crippen LogP contribution in [0.4, 0.5) is 5.82 Å². The first kappa shape index (κ1) is 28.2. The van der Waals surface area contributed by atoms with Gasteiger partial charge in [0.15, 0.2) is 0 Å². The summed E-state index contributed by atoms with van der Waals surface area (Å²) < 4.78 is 11.1. The zero-order valence-electron chi connectivity index (χ0n) is 22.5. The number of ether oxygens (including phenoxy) is 2. The molecule has 2 N–H and O–H groups in total. The maximum atomic E-state index is 13.1. The lowest BCUT2D eigenvalue weighted by Crippen LogP contribution is -2.45. The molecular formula is C28H41ClN4O3. The van der Waals surface area contributed by atoms with Crippen molar-refractivity contribution in [2.24, 2.45) is 0 Å². The van der Waals surface area contributed by atoms with Crippen molar-refractivity contribution in [1.29, 1.82) is 0 Å². The van der Waals surface area contributed by atoms with E-state index in [1.54, 1.807) is 19.4 Å². The number of likely N-dealkylation sites (tertiary alicyclic amines) is 1. The Balaban J connectivity index is 1.56. The summed E-state index contributed by atoms with van der Waals surface area (Å²) in [5.41, 5.74) is 4.28. The molecule has 7 nitrogen and oxygen atoms in total. The highest BCUT2D eigenvalue weighted by atomic mass is 35.5. The molecule has 0 radical (unpaired) electrons. The number of carbonyl (C=O) groups excluding carboxylic acids is 1. The Morgan fingerprint density at radius 3 is 2.58 bits per heavy atom. The van der Waals surface area contributed by atoms with E-state index in [1.165, 1.54) is 16.7 Å². The first-order valence-corrected chi connectivity index (χ1v) is 13.3. The van der Waals surface area contributed by atoms with Crippen LogP contribution in [0.15, 0.2) is 24.4 Å². The van der Waals surface area contributed by atoms with Gasteiger partial charge in [0, 0.05) is 44.5 Å². The van der Waals surface area contributed by atoms with Crippen molar-refractivity contribution in [3.05, 3.63) is 51.7 Å². The Labute approximate surface area is 220 Å². The number of carbonyl (C=O) groups is 1. The number of anilines is 1. The summed E-state index contributed by atoms with van der Waals surface area (Å²) in [5.74, 6) is 1.34. The van der Waals surface area contributed by atoms with Crippen LogP contribution in [0.5, 0.6) is 5.75 Å². The molecule has 3 rings (SSSR count). The Kier molecular flexibility index (Phi) is 10.4. The van der Waals surface area contributed by atoms with Crippen molar-refractivity contribution in [1.82, 2.24) is 15.2 Å². The van der Waals surface area contributed by atoms with E-state index in [0.717, 1.165) is 38.1 Å². The minimum atomic E-state index is -0.140. The summed E-state index contributed by atoms with van der Waals surface area (Å²) in [7, 11) is 1.71. The minimum absolute atomic E-state index is 0.117. The van der Waals surface area contributed by atoms with Crippen molar-refractivity contribution in [2.75, 3.05) is 38.7 Å². The van der Waals surface area contributed by atoms with Gasteiger partial charge >= 0.3 is 0 Å². The number of pyridine rings is 1. The van der Waals surface area contributed by atoms with Gasteiger partial charge < -0.3 is 20.1 Å². The number of nitrogens with one attached hydrogen (secondary N) is 2. The number of hydrogen-bond acceptors (Lipinski definition) is 6. The standard InChI is InChI=1S/C28H41ClN4O3/c1-18(2)36-15-7-12-30-27-25(16-22(29)17-31-27)28(34)32-23-10-13-33(14-11-23)21(5)24-8-9-26(35-6)20(4)19(24)3/h8-9,16-18,21,23H,7,10-15H2,1-6H3,(H,30,31)(H,32,34). The third kappa shape index (κ3) is 7.34. The molecule has 1 aliphatic rings. The molecule has 1 atom stereocenters. The zero-order valence-corrected chi connectivity index (χ0v) is 23.2. The highest BCUT2D eigenvalue weighted by molar-refractivity contribution is 6.31. The molecule has 198 valence electrons. The third-order valence-corrected chi connectivity index (χ3v) is 7.23. The lowest BCUT2D eigenvalue weighted by molar-refractivity contribution is 0.0787. The largest absolute Gasteiger partial charge is 0.496 e. The van der Waals surface area contributed by atoms with Crippen LogP contribution in [0.2, 0.25) is 5.02 Å². The number of benzene rings is 1. The fraction of sp³-hybridized carbons (Fsp3) is 0.571. The Hall–Kier alpha value is -2.35. The average molecular weight is 517 g/mol. The van der Waals surface area contributed by atoms with E-state index < -0.39 is 0 Å². The Morgan fingerprint density at radius 2 is 1.92 bits per heavy atom. The molecule has 0 spiro atoms. The average Bonchev–Trinajstić information content (AvgIpc) is 2.86. The maximum Gasteiger partial charge on any atom is 0.255 e. The van der Waals surface area contributed by atoms with Crippen LogP contribution < -0.4 is 15.4 Å². The van der Waals surface area contributed by atoms with Crippen LogP contribution in [0.1, 0.15) is 73.1 Å². The molecule has 0 saturated carbocycles. The third-order valence-electron chi connectivity index (χ3n) is 7.03. The first-order valence-electron chi connectivity index (χ1n) is 12.9. The van der Waals surface area contributed by atoms with Gasteiger partial charge in [-0.25, -0.2) is 4.98 Å². The van der Waals surface area contributed by atoms with E-state index in [9.17, 15) is 4.79 Å². The number of rotatable bonds is 11. The first-order chi connectivity index (χ1) is 17.2. The van der Waals surface area contributed by atoms with E-state index in [1.807, 2.05) is 13.8 Å². The summed E-state index contributed by atoms with van der Waals surface area (Å²) in [6.45, 7) is 13.7. The normalized spacial score (nSPS) is 15.7. The van der Waals surface area contributed by atoms with Crippen molar-refractivity contribution < 1.29 is 14.3 Å². The van der Waals surface area contributed by atoms with E-state index in [4.69, 9.17) is 21.1 Å². The molecule has 1 aromatic carbocycles. The lowest BCUT2D eigenvalue weighted by atomic mass is 9.94. The molecule has 1 amide bonds. The van der Waals surface area contributed by atoms with E-state index >= 15 is 0 Å². The summed E-state index contributed by atoms with van der Waals surface area (Å²) in [4.78, 5) is 20.0. The van der Waals surface area contributed by atoms with Gasteiger partial charge in [-0.2, -0.15) is 0 Å². The van der Waals surface area contributed by atoms with Crippen molar-refractivity contribution in [3.8, 4) is 5.75 Å². The predicted molar refractivity (Wildman–Crippen MR) is 146 cm³/mol. The molecule has 2 heterocycles. The summed E-state index contributed by atoms with van der Waals surface area (Å²) in [5, 5.41) is 6.92. The molecule has 36 heavy (non-hydrogen) atoms. The monoisotopic (exact) mass is 516 g/mol. The quantitative estimate of drug-likeness (QED) is 0.382. The number of halogens is 1. The number of aromatic nitrogens is 1. The van der Waals surface area contributed by atoms with Gasteiger partial charge in [-0.05, 0) is 82.7 Å². The Morgan fingerprint density at radius 1 is 1.19 bits per heavy atom. The molecule has 1 fully saturated rings. The molecule has 0 bridgehead atoms. The van der Waals surface area contributed by atoms with E-state index in [-0.39, 0.29) is 18.1 Å². The lowest BCUT2D eigenvalue weighted by Gasteiger charge is -2.37. The highest BCUT2D eigenvalue weighted by Gasteiger charge is 2.27. The Bertz CT molecular complexity index is 1020. The summed E-state index contributed by atoms with van der Waals surface area (Å²) in [6, 6.07) is 6.34. The minimum Gasteiger partial charge on any atom is -0.496 e. The van der Waals surface area contributed by atoms with Crippen LogP contribution >= 0.6 is 11.6 Å². The topological polar surface area (TPSA) is 75.7 Å². The second kappa shape index (κ2) is 13.3. The second-order valence-electron chi connectivity index (χ2n) is 9.82. The van der Waals surface area contributed by atoms with Crippen molar-refractivity contribution >= 4 is 23.3 Å². The highest BCUT2D eigenvalue weighted by Crippen LogP contribution is 2.32. The second-order valence-corrected chi connectivity index (χ2v) is 10.3. The van der Waals surface area contributed by atoms with Crippen LogP contribution in [-0.4, -0.2) is 61.3 Å². The summed E-state index contributed by atoms with van der Waals surface area (Å²) in [6.07, 6.45) is 4.39. The van der Waals surface area contributed by atoms with Crippen molar-refractivity contribution in [2.45, 2.75) is 72.1 Å². The van der Waals surface area contributed by atoms with Gasteiger partial charge in [0.2, 0.25) is 0 Å². The molecule has 1 unspecified atom stereocenters. The van der Waals surface area contributed by atoms with E-state index in [0.29, 0.717) is 35.6 Å². The number of piperidine rings is 1. The van der Waals surface area contributed by atoms with Gasteiger partial charge in [0.25, 0.3) is 5.91 Å². The van der Waals surface area contributed by atoms with Gasteiger partial charge in [-0.15, -0.1) is 0 Å². The fourth-order valence-electron chi connectivity index (χ4n) is 4.73. The van der Waals surface area contributed by atoms with Crippen LogP contribution in [0, 0.1) is 13.8 Å². The van der Waals surface area contributed by atoms with Gasteiger partial charge in [0.05, 0.1) is 23.8 Å². The number of methoxy groups -OCH3 is 1. The smallest absolute Gasteiger partial charge is 0.255 e. The molecule has 1 saturated heterocycles. The number of nitrogens with zero attached hydrogens (tertiary/aromatic N) is 2. The van der Waals surface area contributed by atoms with Crippen molar-refractivity contribution in [3.63, 3.8) is 0 Å². The zero-order chi connectivity index (χ0) is 26.2. The van der Waals surface area contributed by atoms with Gasteiger partial charge in [-0.3, -0.25) is 9.69 Å². The number of hydrogen-bond donors (Lipinski definition) is 2. The molecular weight excluding hydrogens is 476 g/mol. The van der Waals surface area contributed by atoms with Gasteiger partial charge in [0.1, 0.15) is 11.6 Å². The maximum absolute atomic E-state index is 13.1. The summed E-state index contributed by atoms with van der Waals surface area (Å²) >= 11 is 6.17.